The van der Waals surface area contributed by atoms with Crippen LogP contribution in [-0.4, -0.2) is 17.8 Å². The highest BCUT2D eigenvalue weighted by Gasteiger charge is 2.27. The van der Waals surface area contributed by atoms with Gasteiger partial charge in [-0.2, -0.15) is 0 Å². The fourth-order valence-electron chi connectivity index (χ4n) is 5.84. The van der Waals surface area contributed by atoms with Crippen LogP contribution in [0.5, 0.6) is 11.5 Å². The summed E-state index contributed by atoms with van der Waals surface area (Å²) in [6.07, 6.45) is 10.0. The van der Waals surface area contributed by atoms with Crippen molar-refractivity contribution in [2.45, 2.75) is 64.2 Å². The van der Waals surface area contributed by atoms with Crippen molar-refractivity contribution in [3.05, 3.63) is 60.2 Å². The van der Waals surface area contributed by atoms with E-state index < -0.39 is 0 Å². The number of anilines is 1. The smallest absolute Gasteiger partial charge is 0.314 e. The van der Waals surface area contributed by atoms with Crippen molar-refractivity contribution in [1.82, 2.24) is 0 Å². The predicted molar refractivity (Wildman–Crippen MR) is 145 cm³/mol. The first-order valence-electron chi connectivity index (χ1n) is 13.6. The summed E-state index contributed by atoms with van der Waals surface area (Å²) in [4.78, 5) is 30.8. The molecule has 2 fully saturated rings. The monoisotopic (exact) mass is 496 g/mol. The fourth-order valence-corrected chi connectivity index (χ4v) is 5.84. The Kier molecular flexibility index (Phi) is 6.64. The van der Waals surface area contributed by atoms with E-state index in [2.05, 4.69) is 17.4 Å². The van der Waals surface area contributed by atoms with Crippen LogP contribution in [0.4, 0.5) is 11.4 Å². The van der Waals surface area contributed by atoms with Gasteiger partial charge in [-0.15, -0.1) is 0 Å². The molecule has 1 heterocycles. The third-order valence-electron chi connectivity index (χ3n) is 7.88. The highest BCUT2D eigenvalue weighted by molar-refractivity contribution is 6.20. The number of benzene rings is 3. The normalized spacial score (nSPS) is 18.1. The summed E-state index contributed by atoms with van der Waals surface area (Å²) >= 11 is 0. The number of carbonyl (C=O) groups is 2. The SMILES string of the molecule is O=C(Oc1ccc(OC(=O)C2CCCCC2)c(C2=Nc3cccc4cccc(c34)N2)c1)C1CCCCC1. The molecule has 6 rings (SSSR count). The minimum absolute atomic E-state index is 0.0596. The van der Waals surface area contributed by atoms with Gasteiger partial charge in [0, 0.05) is 11.1 Å². The number of carbonyl (C=O) groups excluding carboxylic acids is 2. The van der Waals surface area contributed by atoms with Gasteiger partial charge in [0.1, 0.15) is 17.3 Å². The maximum Gasteiger partial charge on any atom is 0.314 e. The van der Waals surface area contributed by atoms with Crippen LogP contribution in [0.25, 0.3) is 10.8 Å². The molecular weight excluding hydrogens is 464 g/mol. The summed E-state index contributed by atoms with van der Waals surface area (Å²) in [5, 5.41) is 5.58. The van der Waals surface area contributed by atoms with E-state index in [4.69, 9.17) is 14.5 Å². The van der Waals surface area contributed by atoms with Crippen LogP contribution < -0.4 is 14.8 Å². The van der Waals surface area contributed by atoms with E-state index in [0.29, 0.717) is 22.9 Å². The molecule has 2 aliphatic carbocycles. The molecule has 3 aromatic rings. The molecule has 37 heavy (non-hydrogen) atoms. The molecule has 3 aromatic carbocycles. The molecule has 0 unspecified atom stereocenters. The van der Waals surface area contributed by atoms with Crippen LogP contribution in [0.15, 0.2) is 59.6 Å². The zero-order valence-corrected chi connectivity index (χ0v) is 21.0. The Morgan fingerprint density at radius 3 is 2.11 bits per heavy atom. The Bertz CT molecular complexity index is 1360. The first-order valence-corrected chi connectivity index (χ1v) is 13.6. The van der Waals surface area contributed by atoms with Crippen molar-refractivity contribution in [1.29, 1.82) is 0 Å². The highest BCUT2D eigenvalue weighted by Crippen LogP contribution is 2.38. The fraction of sp³-hybridized carbons (Fsp3) is 0.387. The third kappa shape index (κ3) is 4.97. The van der Waals surface area contributed by atoms with Crippen molar-refractivity contribution in [3.63, 3.8) is 0 Å². The third-order valence-corrected chi connectivity index (χ3v) is 7.88. The summed E-state index contributed by atoms with van der Waals surface area (Å²) in [5.74, 6) is 0.887. The molecule has 0 amide bonds. The molecule has 0 aromatic heterocycles. The van der Waals surface area contributed by atoms with E-state index in [1.54, 1.807) is 18.2 Å². The summed E-state index contributed by atoms with van der Waals surface area (Å²) in [6.45, 7) is 0. The van der Waals surface area contributed by atoms with Crippen molar-refractivity contribution in [2.24, 2.45) is 16.8 Å². The number of rotatable bonds is 5. The Labute approximate surface area is 217 Å². The first kappa shape index (κ1) is 23.7. The summed E-state index contributed by atoms with van der Waals surface area (Å²) in [5.41, 5.74) is 2.38. The second-order valence-corrected chi connectivity index (χ2v) is 10.4. The molecule has 190 valence electrons. The summed E-state index contributed by atoms with van der Waals surface area (Å²) in [6, 6.07) is 17.3. The highest BCUT2D eigenvalue weighted by atomic mass is 16.5. The maximum absolute atomic E-state index is 13.1. The van der Waals surface area contributed by atoms with Crippen LogP contribution in [-0.2, 0) is 9.59 Å². The van der Waals surface area contributed by atoms with E-state index in [-0.39, 0.29) is 23.8 Å². The van der Waals surface area contributed by atoms with Gasteiger partial charge in [0.05, 0.1) is 23.1 Å². The summed E-state index contributed by atoms with van der Waals surface area (Å²) < 4.78 is 11.8. The number of nitrogens with one attached hydrogen (secondary N) is 1. The Balaban J connectivity index is 1.35. The van der Waals surface area contributed by atoms with Crippen molar-refractivity contribution in [2.75, 3.05) is 5.32 Å². The topological polar surface area (TPSA) is 77.0 Å². The molecule has 0 atom stereocenters. The molecule has 6 nitrogen and oxygen atoms in total. The van der Waals surface area contributed by atoms with Gasteiger partial charge in [-0.25, -0.2) is 4.99 Å². The van der Waals surface area contributed by atoms with E-state index in [0.717, 1.165) is 73.5 Å². The van der Waals surface area contributed by atoms with Gasteiger partial charge in [-0.05, 0) is 61.4 Å². The minimum Gasteiger partial charge on any atom is -0.426 e. The van der Waals surface area contributed by atoms with E-state index >= 15 is 0 Å². The van der Waals surface area contributed by atoms with Crippen LogP contribution in [0.2, 0.25) is 0 Å². The molecule has 3 aliphatic rings. The van der Waals surface area contributed by atoms with Gasteiger partial charge < -0.3 is 14.8 Å². The molecule has 1 N–H and O–H groups in total. The molecular formula is C31H32N2O4. The van der Waals surface area contributed by atoms with Gasteiger partial charge in [-0.1, -0.05) is 62.8 Å². The van der Waals surface area contributed by atoms with E-state index in [1.165, 1.54) is 12.8 Å². The summed E-state index contributed by atoms with van der Waals surface area (Å²) in [7, 11) is 0. The lowest BCUT2D eigenvalue weighted by molar-refractivity contribution is -0.141. The number of amidine groups is 1. The molecule has 6 heteroatoms. The molecule has 1 aliphatic heterocycles. The van der Waals surface area contributed by atoms with Gasteiger partial charge >= 0.3 is 11.9 Å². The zero-order chi connectivity index (χ0) is 25.2. The van der Waals surface area contributed by atoms with Gasteiger partial charge in [0.25, 0.3) is 0 Å². The molecule has 0 bridgehead atoms. The number of hydrogen-bond donors (Lipinski definition) is 1. The number of ether oxygens (including phenoxy) is 2. The Hall–Kier alpha value is -3.67. The molecule has 0 radical (unpaired) electrons. The van der Waals surface area contributed by atoms with Crippen molar-refractivity contribution >= 4 is 39.9 Å². The van der Waals surface area contributed by atoms with Gasteiger partial charge in [0.2, 0.25) is 0 Å². The Morgan fingerprint density at radius 1 is 0.757 bits per heavy atom. The second-order valence-electron chi connectivity index (χ2n) is 10.4. The largest absolute Gasteiger partial charge is 0.426 e. The van der Waals surface area contributed by atoms with Gasteiger partial charge in [0.15, 0.2) is 0 Å². The quantitative estimate of drug-likeness (QED) is 0.296. The number of esters is 2. The van der Waals surface area contributed by atoms with Crippen LogP contribution in [0, 0.1) is 11.8 Å². The van der Waals surface area contributed by atoms with Crippen molar-refractivity contribution in [3.8, 4) is 11.5 Å². The second kappa shape index (κ2) is 10.4. The average molecular weight is 497 g/mol. The molecule has 0 spiro atoms. The van der Waals surface area contributed by atoms with Crippen LogP contribution in [0.1, 0.15) is 69.8 Å². The first-order chi connectivity index (χ1) is 18.2. The van der Waals surface area contributed by atoms with E-state index in [1.807, 2.05) is 24.3 Å². The van der Waals surface area contributed by atoms with Crippen LogP contribution >= 0.6 is 0 Å². The lowest BCUT2D eigenvalue weighted by atomic mass is 9.89. The molecule has 0 saturated heterocycles. The van der Waals surface area contributed by atoms with Crippen LogP contribution in [0.3, 0.4) is 0 Å². The Morgan fingerprint density at radius 2 is 1.41 bits per heavy atom. The lowest BCUT2D eigenvalue weighted by Crippen LogP contribution is -2.25. The number of hydrogen-bond acceptors (Lipinski definition) is 6. The lowest BCUT2D eigenvalue weighted by Gasteiger charge is -2.23. The molecule has 2 saturated carbocycles. The predicted octanol–water partition coefficient (Wildman–Crippen LogP) is 7.32. The number of nitrogens with zero attached hydrogens (tertiary/aromatic N) is 1. The maximum atomic E-state index is 13.1. The average Bonchev–Trinajstić information content (AvgIpc) is 2.95. The van der Waals surface area contributed by atoms with E-state index in [9.17, 15) is 9.59 Å². The van der Waals surface area contributed by atoms with Gasteiger partial charge in [-0.3, -0.25) is 9.59 Å². The number of aliphatic imine (C=N–C) groups is 1. The van der Waals surface area contributed by atoms with Crippen molar-refractivity contribution < 1.29 is 19.1 Å². The standard InChI is InChI=1S/C31H32N2O4/c34-30(21-9-3-1-4-10-21)36-23-17-18-27(37-31(35)22-11-5-2-6-12-22)24(19-23)29-32-25-15-7-13-20-14-8-16-26(33-29)28(20)25/h7-8,13-19,21-22H,1-6,9-12H2,(H,32,33). The minimum atomic E-state index is -0.202. The zero-order valence-electron chi connectivity index (χ0n) is 21.0.